The fourth-order valence-corrected chi connectivity index (χ4v) is 2.90. The van der Waals surface area contributed by atoms with Gasteiger partial charge in [-0.05, 0) is 36.6 Å². The van der Waals surface area contributed by atoms with Crippen molar-refractivity contribution >= 4 is 52.1 Å². The second-order valence-corrected chi connectivity index (χ2v) is 8.70. The Hall–Kier alpha value is 0.180. The molecule has 16 heteroatoms. The van der Waals surface area contributed by atoms with Crippen molar-refractivity contribution in [1.82, 2.24) is 19.7 Å². The number of aromatic nitrogens is 3. The van der Waals surface area contributed by atoms with Gasteiger partial charge in [-0.15, -0.1) is 0 Å². The molecular weight excluding hydrogens is 453 g/mol. The number of anilines is 3. The largest absolute Gasteiger partial charge is 1.00 e. The molecule has 0 atom stereocenters. The maximum Gasteiger partial charge on any atom is 1.00 e. The first-order valence-electron chi connectivity index (χ1n) is 7.03. The molecule has 1 heterocycles. The van der Waals surface area contributed by atoms with Crippen LogP contribution in [0.25, 0.3) is 0 Å². The summed E-state index contributed by atoms with van der Waals surface area (Å²) in [6, 6.07) is 5.06. The van der Waals surface area contributed by atoms with E-state index in [0.29, 0.717) is 5.69 Å². The van der Waals surface area contributed by atoms with Gasteiger partial charge in [0.15, 0.2) is 0 Å². The summed E-state index contributed by atoms with van der Waals surface area (Å²) in [6.07, 6.45) is 1.04. The van der Waals surface area contributed by atoms with E-state index in [1.807, 2.05) is 0 Å². The molecule has 0 aliphatic rings. The molecule has 11 nitrogen and oxygen atoms in total. The minimum Gasteiger partial charge on any atom is -0.807 e. The minimum atomic E-state index is -4.81. The summed E-state index contributed by atoms with van der Waals surface area (Å²) in [5.41, 5.74) is 0.425. The van der Waals surface area contributed by atoms with Crippen LogP contribution in [0.4, 0.5) is 17.6 Å². The normalized spacial score (nSPS) is 11.1. The Bertz CT molecular complexity index is 931. The molecule has 1 aromatic carbocycles. The number of hydrogen-bond acceptors (Lipinski definition) is 10. The van der Waals surface area contributed by atoms with Gasteiger partial charge in [0.1, 0.15) is 0 Å². The number of benzene rings is 1. The van der Waals surface area contributed by atoms with Crippen molar-refractivity contribution in [3.8, 4) is 0 Å². The topological polar surface area (TPSA) is 172 Å². The van der Waals surface area contributed by atoms with E-state index >= 15 is 0 Å². The zero-order valence-electron chi connectivity index (χ0n) is 15.3. The predicted octanol–water partition coefficient (Wildman–Crippen LogP) is -7.22. The first kappa shape index (κ1) is 28.2. The molecule has 0 unspecified atom stereocenters. The van der Waals surface area contributed by atoms with Crippen LogP contribution in [-0.4, -0.2) is 42.7 Å². The van der Waals surface area contributed by atoms with Gasteiger partial charge in [-0.3, -0.25) is 0 Å². The summed E-state index contributed by atoms with van der Waals surface area (Å²) < 4.78 is 35.2. The molecular formula is C12H14ClN6Na2O5PS. The van der Waals surface area contributed by atoms with Gasteiger partial charge < -0.3 is 25.0 Å². The maximum atomic E-state index is 11.0. The number of hydrogen-bond donors (Lipinski definition) is 3. The summed E-state index contributed by atoms with van der Waals surface area (Å²) >= 11 is 5.81. The molecule has 142 valence electrons. The zero-order valence-corrected chi connectivity index (χ0v) is 21.8. The van der Waals surface area contributed by atoms with Crippen LogP contribution in [0.1, 0.15) is 0 Å². The van der Waals surface area contributed by atoms with Gasteiger partial charge in [-0.2, -0.15) is 15.0 Å². The molecule has 2 aromatic rings. The number of nitrogens with one attached hydrogen (secondary N) is 3. The first-order valence-corrected chi connectivity index (χ1v) is 10.8. The fourth-order valence-electron chi connectivity index (χ4n) is 1.75. The van der Waals surface area contributed by atoms with Crippen molar-refractivity contribution in [3.05, 3.63) is 29.5 Å². The molecule has 0 aliphatic carbocycles. The molecule has 3 N–H and O–H groups in total. The minimum absolute atomic E-state index is 0. The van der Waals surface area contributed by atoms with Crippen LogP contribution in [0.3, 0.4) is 0 Å². The van der Waals surface area contributed by atoms with Crippen molar-refractivity contribution in [3.63, 3.8) is 0 Å². The Morgan fingerprint density at radius 3 is 2.14 bits per heavy atom. The van der Waals surface area contributed by atoms with Gasteiger partial charge in [0, 0.05) is 18.8 Å². The summed E-state index contributed by atoms with van der Waals surface area (Å²) in [5.74, 6) is 0.187. The summed E-state index contributed by atoms with van der Waals surface area (Å²) in [7, 11) is -8.11. The number of halogens is 1. The molecule has 1 aromatic heterocycles. The molecule has 0 fully saturated rings. The summed E-state index contributed by atoms with van der Waals surface area (Å²) in [4.78, 5) is 33.6. The van der Waals surface area contributed by atoms with Gasteiger partial charge in [-0.1, -0.05) is 12.1 Å². The van der Waals surface area contributed by atoms with Crippen molar-refractivity contribution < 1.29 is 81.9 Å². The molecule has 0 bridgehead atoms. The molecule has 28 heavy (non-hydrogen) atoms. The van der Waals surface area contributed by atoms with Crippen LogP contribution in [0, 0.1) is 0 Å². The summed E-state index contributed by atoms with van der Waals surface area (Å²) in [5, 5.41) is 5.12. The number of nitrogens with zero attached hydrogens (tertiary/aromatic N) is 3. The van der Waals surface area contributed by atoms with E-state index in [4.69, 9.17) is 11.6 Å². The predicted molar refractivity (Wildman–Crippen MR) is 93.1 cm³/mol. The van der Waals surface area contributed by atoms with Crippen molar-refractivity contribution in [2.24, 2.45) is 0 Å². The van der Waals surface area contributed by atoms with E-state index in [1.54, 1.807) is 0 Å². The first-order chi connectivity index (χ1) is 12.0. The van der Waals surface area contributed by atoms with Gasteiger partial charge in [0.2, 0.25) is 27.2 Å². The quantitative estimate of drug-likeness (QED) is 0.193. The second kappa shape index (κ2) is 12.1. The van der Waals surface area contributed by atoms with Crippen molar-refractivity contribution in [1.29, 1.82) is 0 Å². The molecule has 0 amide bonds. The van der Waals surface area contributed by atoms with Crippen molar-refractivity contribution in [2.75, 3.05) is 30.0 Å². The monoisotopic (exact) mass is 466 g/mol. The Morgan fingerprint density at radius 2 is 1.61 bits per heavy atom. The molecule has 0 aliphatic heterocycles. The van der Waals surface area contributed by atoms with E-state index in [9.17, 15) is 22.8 Å². The summed E-state index contributed by atoms with van der Waals surface area (Å²) in [6.45, 7) is 0.334. The standard InChI is InChI=1S/C12H16ClN6O5PS.2Na/c1-26(23,24)15-7-6-14-11-17-10(13)18-12(19-11)16-8-2-4-9(5-3-8)25(20,21)22;;/h2-5,15H,6-7H2,1H3,(H2,20,21,22)(H2,14,16,17,18,19);;/q;2*+1/p-2. The third-order valence-electron chi connectivity index (χ3n) is 2.82. The molecule has 0 saturated carbocycles. The van der Waals surface area contributed by atoms with E-state index in [1.165, 1.54) is 12.1 Å². The number of sulfonamides is 1. The molecule has 0 saturated heterocycles. The zero-order chi connectivity index (χ0) is 19.4. The van der Waals surface area contributed by atoms with E-state index < -0.39 is 17.6 Å². The van der Waals surface area contributed by atoms with Crippen LogP contribution in [0.15, 0.2) is 24.3 Å². The van der Waals surface area contributed by atoms with Gasteiger partial charge in [0.05, 0.1) is 6.26 Å². The number of rotatable bonds is 8. The van der Waals surface area contributed by atoms with Gasteiger partial charge in [0.25, 0.3) is 0 Å². The molecule has 0 radical (unpaired) electrons. The molecule has 2 rings (SSSR count). The van der Waals surface area contributed by atoms with Crippen LogP contribution in [0.2, 0.25) is 5.28 Å². The van der Waals surface area contributed by atoms with E-state index in [-0.39, 0.29) is 94.7 Å². The second-order valence-electron chi connectivity index (χ2n) is 5.01. The van der Waals surface area contributed by atoms with Gasteiger partial charge in [-0.25, -0.2) is 13.1 Å². The van der Waals surface area contributed by atoms with Crippen LogP contribution >= 0.6 is 19.2 Å². The average Bonchev–Trinajstić information content (AvgIpc) is 2.50. The van der Waals surface area contributed by atoms with Gasteiger partial charge >= 0.3 is 59.1 Å². The average molecular weight is 467 g/mol. The third kappa shape index (κ3) is 10.3. The molecule has 0 spiro atoms. The van der Waals surface area contributed by atoms with Crippen LogP contribution in [-0.2, 0) is 14.6 Å². The van der Waals surface area contributed by atoms with E-state index in [2.05, 4.69) is 30.3 Å². The third-order valence-corrected chi connectivity index (χ3v) is 4.65. The van der Waals surface area contributed by atoms with Crippen molar-refractivity contribution in [2.45, 2.75) is 0 Å². The Morgan fingerprint density at radius 1 is 1.04 bits per heavy atom. The Labute approximate surface area is 211 Å². The smallest absolute Gasteiger partial charge is 0.807 e. The Balaban J connectivity index is 0.00000364. The van der Waals surface area contributed by atoms with Crippen LogP contribution < -0.4 is 89.6 Å². The fraction of sp³-hybridized carbons (Fsp3) is 0.250. The van der Waals surface area contributed by atoms with E-state index in [0.717, 1.165) is 18.4 Å². The Kier molecular flexibility index (Phi) is 12.2. The van der Waals surface area contributed by atoms with Crippen LogP contribution in [0.5, 0.6) is 0 Å². The SMILES string of the molecule is CS(=O)(=O)NCCNc1nc(Cl)nc(Nc2ccc(P(=O)([O-])[O-])cc2)n1.[Na+].[Na+]. The maximum absolute atomic E-state index is 11.0.